The van der Waals surface area contributed by atoms with Crippen molar-refractivity contribution in [3.63, 3.8) is 0 Å². The summed E-state index contributed by atoms with van der Waals surface area (Å²) in [6.45, 7) is 15.5. The second kappa shape index (κ2) is 7.34. The smallest absolute Gasteiger partial charge is 0.257 e. The Labute approximate surface area is 190 Å². The molecule has 3 aliphatic rings. The molecule has 0 N–H and O–H groups in total. The molecule has 0 unspecified atom stereocenters. The van der Waals surface area contributed by atoms with E-state index >= 15 is 0 Å². The van der Waals surface area contributed by atoms with Gasteiger partial charge < -0.3 is 14.4 Å². The van der Waals surface area contributed by atoms with E-state index in [2.05, 4.69) is 51.0 Å². The zero-order valence-electron chi connectivity index (χ0n) is 20.2. The number of hydrogen-bond acceptors (Lipinski definition) is 4. The van der Waals surface area contributed by atoms with Gasteiger partial charge in [-0.15, -0.1) is 0 Å². The molecule has 0 radical (unpaired) electrons. The molecular weight excluding hydrogens is 402 g/mol. The van der Waals surface area contributed by atoms with Gasteiger partial charge in [-0.3, -0.25) is 9.48 Å². The highest BCUT2D eigenvalue weighted by molar-refractivity contribution is 5.97. The van der Waals surface area contributed by atoms with Crippen LogP contribution in [0.2, 0.25) is 0 Å². The van der Waals surface area contributed by atoms with E-state index in [1.165, 1.54) is 5.56 Å². The fourth-order valence-corrected chi connectivity index (χ4v) is 5.98. The van der Waals surface area contributed by atoms with Crippen molar-refractivity contribution in [3.8, 4) is 5.75 Å². The van der Waals surface area contributed by atoms with Gasteiger partial charge in [-0.2, -0.15) is 5.10 Å². The fraction of sp³-hybridized carbons (Fsp3) is 0.615. The number of carbonyl (C=O) groups excluding carboxylic acids is 1. The third-order valence-electron chi connectivity index (χ3n) is 7.70. The summed E-state index contributed by atoms with van der Waals surface area (Å²) in [5, 5.41) is 4.59. The highest BCUT2D eigenvalue weighted by Gasteiger charge is 2.56. The maximum Gasteiger partial charge on any atom is 0.257 e. The summed E-state index contributed by atoms with van der Waals surface area (Å²) in [5.74, 6) is 1.32. The van der Waals surface area contributed by atoms with E-state index in [-0.39, 0.29) is 28.9 Å². The molecule has 2 atom stereocenters. The number of ether oxygens (including phenoxy) is 2. The Morgan fingerprint density at radius 2 is 1.97 bits per heavy atom. The average molecular weight is 438 g/mol. The maximum atomic E-state index is 13.3. The molecule has 6 nitrogen and oxygen atoms in total. The van der Waals surface area contributed by atoms with E-state index < -0.39 is 0 Å². The summed E-state index contributed by atoms with van der Waals surface area (Å²) < 4.78 is 15.0. The Kier molecular flexibility index (Phi) is 4.93. The molecule has 2 fully saturated rings. The van der Waals surface area contributed by atoms with Crippen molar-refractivity contribution in [2.75, 3.05) is 19.7 Å². The van der Waals surface area contributed by atoms with Crippen LogP contribution in [0, 0.1) is 32.1 Å². The van der Waals surface area contributed by atoms with Crippen LogP contribution in [-0.4, -0.2) is 45.9 Å². The highest BCUT2D eigenvalue weighted by atomic mass is 16.5. The normalized spacial score (nSPS) is 25.0. The summed E-state index contributed by atoms with van der Waals surface area (Å²) in [6, 6.07) is 6.41. The molecule has 0 aliphatic carbocycles. The Balaban J connectivity index is 1.33. The van der Waals surface area contributed by atoms with E-state index in [1.54, 1.807) is 0 Å². The lowest BCUT2D eigenvalue weighted by Gasteiger charge is -2.58. The summed E-state index contributed by atoms with van der Waals surface area (Å²) in [4.78, 5) is 15.3. The van der Waals surface area contributed by atoms with E-state index in [0.29, 0.717) is 6.61 Å². The predicted molar refractivity (Wildman–Crippen MR) is 123 cm³/mol. The van der Waals surface area contributed by atoms with Crippen molar-refractivity contribution < 1.29 is 14.3 Å². The highest BCUT2D eigenvalue weighted by Crippen LogP contribution is 2.55. The molecule has 1 aromatic heterocycles. The Bertz CT molecular complexity index is 1060. The van der Waals surface area contributed by atoms with Crippen LogP contribution >= 0.6 is 0 Å². The molecule has 1 amide bonds. The van der Waals surface area contributed by atoms with Gasteiger partial charge in [-0.1, -0.05) is 19.1 Å². The molecule has 3 aliphatic heterocycles. The maximum absolute atomic E-state index is 13.3. The van der Waals surface area contributed by atoms with Crippen LogP contribution in [0.3, 0.4) is 0 Å². The van der Waals surface area contributed by atoms with Crippen molar-refractivity contribution in [2.24, 2.45) is 11.3 Å². The number of aromatic nitrogens is 2. The van der Waals surface area contributed by atoms with Crippen molar-refractivity contribution in [3.05, 3.63) is 46.3 Å². The van der Waals surface area contributed by atoms with E-state index in [9.17, 15) is 4.79 Å². The van der Waals surface area contributed by atoms with E-state index in [4.69, 9.17) is 9.47 Å². The largest absolute Gasteiger partial charge is 0.487 e. The van der Waals surface area contributed by atoms with Crippen molar-refractivity contribution in [2.45, 2.75) is 72.6 Å². The summed E-state index contributed by atoms with van der Waals surface area (Å²) in [5.41, 5.74) is 4.65. The number of amides is 1. The Hall–Kier alpha value is -2.34. The van der Waals surface area contributed by atoms with Crippen LogP contribution < -0.4 is 4.74 Å². The first-order valence-electron chi connectivity index (χ1n) is 11.9. The first kappa shape index (κ1) is 21.5. The molecule has 1 aromatic carbocycles. The van der Waals surface area contributed by atoms with Crippen LogP contribution in [0.1, 0.15) is 72.6 Å². The molecule has 2 saturated heterocycles. The molecule has 5 rings (SSSR count). The van der Waals surface area contributed by atoms with Gasteiger partial charge in [0.1, 0.15) is 11.4 Å². The molecule has 172 valence electrons. The number of nitrogens with zero attached hydrogens (tertiary/aromatic N) is 3. The topological polar surface area (TPSA) is 56.6 Å². The minimum absolute atomic E-state index is 0.0148. The van der Waals surface area contributed by atoms with Crippen LogP contribution in [0.25, 0.3) is 0 Å². The number of aryl methyl sites for hydroxylation is 3. The predicted octanol–water partition coefficient (Wildman–Crippen LogP) is 4.61. The average Bonchev–Trinajstić information content (AvgIpc) is 2.98. The third-order valence-corrected chi connectivity index (χ3v) is 7.70. The van der Waals surface area contributed by atoms with Gasteiger partial charge in [0, 0.05) is 42.2 Å². The van der Waals surface area contributed by atoms with E-state index in [0.717, 1.165) is 60.7 Å². The van der Waals surface area contributed by atoms with Gasteiger partial charge in [0.2, 0.25) is 0 Å². The fourth-order valence-electron chi connectivity index (χ4n) is 5.98. The number of likely N-dealkylation sites (tertiary alicyclic amines) is 1. The van der Waals surface area contributed by atoms with Gasteiger partial charge in [-0.25, -0.2) is 0 Å². The van der Waals surface area contributed by atoms with Gasteiger partial charge in [0.15, 0.2) is 0 Å². The third kappa shape index (κ3) is 3.26. The minimum atomic E-state index is -0.308. The molecule has 32 heavy (non-hydrogen) atoms. The zero-order chi connectivity index (χ0) is 22.8. The number of carbonyl (C=O) groups is 1. The lowest BCUT2D eigenvalue weighted by Crippen LogP contribution is -2.65. The van der Waals surface area contributed by atoms with Crippen LogP contribution in [0.4, 0.5) is 0 Å². The van der Waals surface area contributed by atoms with Crippen molar-refractivity contribution in [1.82, 2.24) is 14.7 Å². The first-order chi connectivity index (χ1) is 15.1. The van der Waals surface area contributed by atoms with Gasteiger partial charge in [-0.05, 0) is 59.1 Å². The molecule has 1 spiro atoms. The van der Waals surface area contributed by atoms with Crippen LogP contribution in [0.5, 0.6) is 5.75 Å². The number of hydrogen-bond donors (Lipinski definition) is 0. The Morgan fingerprint density at radius 1 is 1.22 bits per heavy atom. The van der Waals surface area contributed by atoms with Gasteiger partial charge in [0.25, 0.3) is 5.91 Å². The molecule has 4 heterocycles. The summed E-state index contributed by atoms with van der Waals surface area (Å²) in [6.07, 6.45) is 2.07. The Morgan fingerprint density at radius 3 is 2.69 bits per heavy atom. The lowest BCUT2D eigenvalue weighted by molar-refractivity contribution is -0.191. The number of benzene rings is 1. The summed E-state index contributed by atoms with van der Waals surface area (Å²) in [7, 11) is 0. The monoisotopic (exact) mass is 437 g/mol. The first-order valence-corrected chi connectivity index (χ1v) is 11.9. The molecule has 0 saturated carbocycles. The standard InChI is InChI=1S/C26H35N3O3/c1-7-10-29-18(4)22(17(3)27-29)24(30)28-13-26(14-28)12-20-23(31-15-26)19-9-8-16(2)11-21(19)32-25(20,5)6/h8-9,11,20,23H,7,10,12-15H2,1-6H3/t20-,23+/m0/s1. The van der Waals surface area contributed by atoms with Crippen molar-refractivity contribution >= 4 is 5.91 Å². The zero-order valence-corrected chi connectivity index (χ0v) is 20.2. The second-order valence-electron chi connectivity index (χ2n) is 10.7. The van der Waals surface area contributed by atoms with Crippen LogP contribution in [0.15, 0.2) is 18.2 Å². The van der Waals surface area contributed by atoms with Crippen LogP contribution in [-0.2, 0) is 11.3 Å². The number of rotatable bonds is 3. The van der Waals surface area contributed by atoms with Gasteiger partial charge in [0.05, 0.1) is 24.0 Å². The van der Waals surface area contributed by atoms with Gasteiger partial charge >= 0.3 is 0 Å². The number of fused-ring (bicyclic) bond motifs is 3. The summed E-state index contributed by atoms with van der Waals surface area (Å²) >= 11 is 0. The van der Waals surface area contributed by atoms with Crippen molar-refractivity contribution in [1.29, 1.82) is 0 Å². The minimum Gasteiger partial charge on any atom is -0.487 e. The molecule has 6 heteroatoms. The molecular formula is C26H35N3O3. The van der Waals surface area contributed by atoms with E-state index in [1.807, 2.05) is 23.4 Å². The quantitative estimate of drug-likeness (QED) is 0.704. The second-order valence-corrected chi connectivity index (χ2v) is 10.7. The molecule has 0 bridgehead atoms. The SMILES string of the molecule is CCCn1nc(C)c(C(=O)N2CC3(CO[C@@H]4c5ccc(C)cc5OC(C)(C)[C@H]4C3)C2)c1C. The molecule has 2 aromatic rings. The lowest BCUT2D eigenvalue weighted by atomic mass is 9.64.